The number of nitrogens with one attached hydrogen (secondary N) is 1. The van der Waals surface area contributed by atoms with Gasteiger partial charge in [0.2, 0.25) is 0 Å². The summed E-state index contributed by atoms with van der Waals surface area (Å²) < 4.78 is 13.9. The normalized spacial score (nSPS) is 14.5. The molecule has 0 aromatic heterocycles. The van der Waals surface area contributed by atoms with Crippen molar-refractivity contribution in [3.8, 4) is 0 Å². The van der Waals surface area contributed by atoms with Gasteiger partial charge < -0.3 is 16.3 Å². The molecule has 1 aromatic carbocycles. The van der Waals surface area contributed by atoms with Crippen molar-refractivity contribution in [1.29, 1.82) is 0 Å². The fourth-order valence-electron chi connectivity index (χ4n) is 1.48. The molecule has 1 aromatic rings. The highest BCUT2D eigenvalue weighted by atomic mass is 19.1. The monoisotopic (exact) mass is 267 g/mol. The fourth-order valence-corrected chi connectivity index (χ4v) is 1.48. The Kier molecular flexibility index (Phi) is 4.89. The van der Waals surface area contributed by atoms with E-state index in [2.05, 4.69) is 38.2 Å². The standard InChI is InChI=1S/C14H22FN3O/c1-9(14(2,3)4)17-8-11-6-5-10(7-12(11)15)13(16)18-19/h5-7,9,17,19H,8H2,1-4H3,(H2,16,18). The van der Waals surface area contributed by atoms with Crippen LogP contribution in [0.5, 0.6) is 0 Å². The number of benzene rings is 1. The Morgan fingerprint density at radius 3 is 2.58 bits per heavy atom. The number of hydrogen-bond acceptors (Lipinski definition) is 3. The molecule has 4 nitrogen and oxygen atoms in total. The summed E-state index contributed by atoms with van der Waals surface area (Å²) in [7, 11) is 0. The third kappa shape index (κ3) is 4.21. The van der Waals surface area contributed by atoms with Gasteiger partial charge in [0.15, 0.2) is 5.84 Å². The molecule has 0 bridgehead atoms. The molecule has 1 rings (SSSR count). The number of hydrogen-bond donors (Lipinski definition) is 3. The molecular weight excluding hydrogens is 245 g/mol. The Hall–Kier alpha value is -1.62. The molecule has 0 heterocycles. The van der Waals surface area contributed by atoms with Gasteiger partial charge in [-0.1, -0.05) is 38.1 Å². The molecule has 0 saturated carbocycles. The van der Waals surface area contributed by atoms with E-state index in [0.717, 1.165) is 0 Å². The molecule has 0 spiro atoms. The van der Waals surface area contributed by atoms with Gasteiger partial charge in [0.05, 0.1) is 0 Å². The number of rotatable bonds is 4. The van der Waals surface area contributed by atoms with Crippen molar-refractivity contribution in [3.63, 3.8) is 0 Å². The molecule has 0 aliphatic rings. The van der Waals surface area contributed by atoms with Crippen LogP contribution in [0.1, 0.15) is 38.8 Å². The number of oxime groups is 1. The van der Waals surface area contributed by atoms with Crippen molar-refractivity contribution in [1.82, 2.24) is 5.32 Å². The van der Waals surface area contributed by atoms with E-state index in [1.54, 1.807) is 12.1 Å². The summed E-state index contributed by atoms with van der Waals surface area (Å²) in [6, 6.07) is 4.81. The van der Waals surface area contributed by atoms with E-state index >= 15 is 0 Å². The molecule has 0 fully saturated rings. The van der Waals surface area contributed by atoms with Crippen LogP contribution < -0.4 is 11.1 Å². The zero-order chi connectivity index (χ0) is 14.6. The second-order valence-electron chi connectivity index (χ2n) is 5.76. The van der Waals surface area contributed by atoms with Gasteiger partial charge in [0, 0.05) is 23.7 Å². The van der Waals surface area contributed by atoms with Crippen molar-refractivity contribution in [2.24, 2.45) is 16.3 Å². The van der Waals surface area contributed by atoms with E-state index in [9.17, 15) is 4.39 Å². The van der Waals surface area contributed by atoms with Crippen molar-refractivity contribution in [2.45, 2.75) is 40.3 Å². The van der Waals surface area contributed by atoms with E-state index in [0.29, 0.717) is 17.7 Å². The second kappa shape index (κ2) is 6.02. The molecule has 0 aliphatic carbocycles. The lowest BCUT2D eigenvalue weighted by molar-refractivity contribution is 0.284. The van der Waals surface area contributed by atoms with Gasteiger partial charge in [-0.15, -0.1) is 0 Å². The summed E-state index contributed by atoms with van der Waals surface area (Å²) in [5.74, 6) is -0.459. The zero-order valence-corrected chi connectivity index (χ0v) is 11.9. The molecule has 5 heteroatoms. The van der Waals surface area contributed by atoms with Crippen LogP contribution in [-0.2, 0) is 6.54 Å². The predicted octanol–water partition coefficient (Wildman–Crippen LogP) is 2.44. The minimum atomic E-state index is -0.363. The van der Waals surface area contributed by atoms with Crippen molar-refractivity contribution in [3.05, 3.63) is 35.1 Å². The smallest absolute Gasteiger partial charge is 0.170 e. The highest BCUT2D eigenvalue weighted by Crippen LogP contribution is 2.19. The van der Waals surface area contributed by atoms with Crippen LogP contribution >= 0.6 is 0 Å². The largest absolute Gasteiger partial charge is 0.409 e. The Balaban J connectivity index is 2.76. The SMILES string of the molecule is CC(NCc1ccc(/C(N)=N/O)cc1F)C(C)(C)C. The van der Waals surface area contributed by atoms with Crippen LogP contribution in [-0.4, -0.2) is 17.1 Å². The van der Waals surface area contributed by atoms with Crippen LogP contribution in [0, 0.1) is 11.2 Å². The van der Waals surface area contributed by atoms with E-state index in [1.165, 1.54) is 6.07 Å². The Labute approximate surface area is 113 Å². The van der Waals surface area contributed by atoms with Crippen LogP contribution in [0.2, 0.25) is 0 Å². The minimum absolute atomic E-state index is 0.0959. The molecule has 0 radical (unpaired) electrons. The maximum Gasteiger partial charge on any atom is 0.170 e. The second-order valence-corrected chi connectivity index (χ2v) is 5.76. The van der Waals surface area contributed by atoms with Crippen LogP contribution in [0.25, 0.3) is 0 Å². The first-order valence-electron chi connectivity index (χ1n) is 6.25. The van der Waals surface area contributed by atoms with E-state index in [-0.39, 0.29) is 23.1 Å². The van der Waals surface area contributed by atoms with Gasteiger partial charge in [-0.25, -0.2) is 4.39 Å². The molecule has 1 atom stereocenters. The van der Waals surface area contributed by atoms with Crippen LogP contribution in [0.3, 0.4) is 0 Å². The summed E-state index contributed by atoms with van der Waals surface area (Å²) in [5, 5.41) is 14.7. The number of nitrogens with two attached hydrogens (primary N) is 1. The average molecular weight is 267 g/mol. The van der Waals surface area contributed by atoms with E-state index in [1.807, 2.05) is 0 Å². The maximum absolute atomic E-state index is 13.9. The summed E-state index contributed by atoms with van der Waals surface area (Å²) in [6.07, 6.45) is 0. The van der Waals surface area contributed by atoms with Gasteiger partial charge in [0.25, 0.3) is 0 Å². The van der Waals surface area contributed by atoms with Gasteiger partial charge in [-0.3, -0.25) is 0 Å². The quantitative estimate of drug-likeness (QED) is 0.339. The lowest BCUT2D eigenvalue weighted by Crippen LogP contribution is -2.37. The van der Waals surface area contributed by atoms with Crippen molar-refractivity contribution in [2.75, 3.05) is 0 Å². The first-order chi connectivity index (χ1) is 8.75. The lowest BCUT2D eigenvalue weighted by atomic mass is 9.88. The third-order valence-electron chi connectivity index (χ3n) is 3.35. The minimum Gasteiger partial charge on any atom is -0.409 e. The molecule has 106 valence electrons. The first kappa shape index (κ1) is 15.4. The topological polar surface area (TPSA) is 70.6 Å². The molecule has 0 saturated heterocycles. The molecule has 0 aliphatic heterocycles. The average Bonchev–Trinajstić information content (AvgIpc) is 2.34. The zero-order valence-electron chi connectivity index (χ0n) is 11.9. The van der Waals surface area contributed by atoms with Gasteiger partial charge in [0.1, 0.15) is 5.82 Å². The number of halogens is 1. The Bertz CT molecular complexity index is 466. The summed E-state index contributed by atoms with van der Waals surface area (Å²) in [4.78, 5) is 0. The van der Waals surface area contributed by atoms with Gasteiger partial charge in [-0.2, -0.15) is 0 Å². The lowest BCUT2D eigenvalue weighted by Gasteiger charge is -2.28. The summed E-state index contributed by atoms with van der Waals surface area (Å²) in [5.41, 5.74) is 6.45. The first-order valence-corrected chi connectivity index (χ1v) is 6.25. The van der Waals surface area contributed by atoms with Gasteiger partial charge in [-0.05, 0) is 18.4 Å². The molecule has 4 N–H and O–H groups in total. The fraction of sp³-hybridized carbons (Fsp3) is 0.500. The highest BCUT2D eigenvalue weighted by Gasteiger charge is 2.19. The Morgan fingerprint density at radius 1 is 1.47 bits per heavy atom. The van der Waals surface area contributed by atoms with Crippen LogP contribution in [0.15, 0.2) is 23.4 Å². The molecule has 1 unspecified atom stereocenters. The molecule has 0 amide bonds. The summed E-state index contributed by atoms with van der Waals surface area (Å²) >= 11 is 0. The highest BCUT2D eigenvalue weighted by molar-refractivity contribution is 5.97. The van der Waals surface area contributed by atoms with E-state index < -0.39 is 0 Å². The van der Waals surface area contributed by atoms with Crippen LogP contribution in [0.4, 0.5) is 4.39 Å². The molecular formula is C14H22FN3O. The van der Waals surface area contributed by atoms with Crippen molar-refractivity contribution < 1.29 is 9.60 Å². The van der Waals surface area contributed by atoms with E-state index in [4.69, 9.17) is 10.9 Å². The number of amidine groups is 1. The Morgan fingerprint density at radius 2 is 2.11 bits per heavy atom. The van der Waals surface area contributed by atoms with Gasteiger partial charge >= 0.3 is 0 Å². The summed E-state index contributed by atoms with van der Waals surface area (Å²) in [6.45, 7) is 8.90. The number of nitrogens with zero attached hydrogens (tertiary/aromatic N) is 1. The predicted molar refractivity (Wildman–Crippen MR) is 74.7 cm³/mol. The van der Waals surface area contributed by atoms with Crippen molar-refractivity contribution >= 4 is 5.84 Å². The third-order valence-corrected chi connectivity index (χ3v) is 3.35. The maximum atomic E-state index is 13.9. The molecule has 19 heavy (non-hydrogen) atoms.